The lowest BCUT2D eigenvalue weighted by molar-refractivity contribution is -0.137. The van der Waals surface area contributed by atoms with Crippen LogP contribution in [0.2, 0.25) is 0 Å². The summed E-state index contributed by atoms with van der Waals surface area (Å²) in [4.78, 5) is 3.90. The highest BCUT2D eigenvalue weighted by atomic mass is 32.2. The first kappa shape index (κ1) is 21.4. The van der Waals surface area contributed by atoms with Crippen molar-refractivity contribution in [3.63, 3.8) is 0 Å². The van der Waals surface area contributed by atoms with E-state index in [9.17, 15) is 21.6 Å². The molecule has 0 aliphatic rings. The summed E-state index contributed by atoms with van der Waals surface area (Å²) in [5.74, 6) is -0.219. The number of hydrogen-bond acceptors (Lipinski definition) is 4. The van der Waals surface area contributed by atoms with Gasteiger partial charge in [-0.3, -0.25) is 4.68 Å². The average molecular weight is 403 g/mol. The predicted molar refractivity (Wildman–Crippen MR) is 96.9 cm³/mol. The maximum atomic E-state index is 13.0. The summed E-state index contributed by atoms with van der Waals surface area (Å²) in [5.41, 5.74) is -1.29. The van der Waals surface area contributed by atoms with Gasteiger partial charge in [0, 0.05) is 11.7 Å². The lowest BCUT2D eigenvalue weighted by Gasteiger charge is -2.49. The molecule has 0 fully saturated rings. The molecule has 5 nitrogen and oxygen atoms in total. The van der Waals surface area contributed by atoms with Gasteiger partial charge in [0.25, 0.3) is 0 Å². The summed E-state index contributed by atoms with van der Waals surface area (Å²) in [5, 5.41) is 4.09. The molecule has 0 bridgehead atoms. The zero-order valence-electron chi connectivity index (χ0n) is 15.9. The SMILES string of the molecule is CC(C)[C@@](Cn1cncn1)(c1ccc(C(F)(F)F)cc1)C(C)(C)S(C)(=O)=O. The number of sulfone groups is 1. The van der Waals surface area contributed by atoms with Crippen LogP contribution in [0.4, 0.5) is 13.2 Å². The molecule has 2 rings (SSSR count). The fourth-order valence-corrected chi connectivity index (χ4v) is 4.78. The van der Waals surface area contributed by atoms with E-state index in [4.69, 9.17) is 0 Å². The Labute approximate surface area is 157 Å². The maximum Gasteiger partial charge on any atom is 0.416 e. The minimum Gasteiger partial charge on any atom is -0.252 e. The second kappa shape index (κ2) is 6.92. The molecular weight excluding hydrogens is 379 g/mol. The fraction of sp³-hybridized carbons (Fsp3) is 0.556. The van der Waals surface area contributed by atoms with Crippen molar-refractivity contribution in [2.24, 2.45) is 5.92 Å². The largest absolute Gasteiger partial charge is 0.416 e. The van der Waals surface area contributed by atoms with Gasteiger partial charge >= 0.3 is 6.18 Å². The number of halogens is 3. The van der Waals surface area contributed by atoms with Crippen LogP contribution in [0.5, 0.6) is 0 Å². The van der Waals surface area contributed by atoms with E-state index in [2.05, 4.69) is 10.1 Å². The first-order chi connectivity index (χ1) is 12.2. The molecule has 9 heteroatoms. The molecule has 0 saturated carbocycles. The first-order valence-electron chi connectivity index (χ1n) is 8.43. The molecule has 150 valence electrons. The predicted octanol–water partition coefficient (Wildman–Crippen LogP) is 3.71. The Bertz CT molecular complexity index is 874. The second-order valence-corrected chi connectivity index (χ2v) is 10.1. The van der Waals surface area contributed by atoms with Crippen molar-refractivity contribution < 1.29 is 21.6 Å². The topological polar surface area (TPSA) is 64.8 Å². The van der Waals surface area contributed by atoms with E-state index in [-0.39, 0.29) is 12.5 Å². The quantitative estimate of drug-likeness (QED) is 0.738. The van der Waals surface area contributed by atoms with Crippen molar-refractivity contribution in [1.29, 1.82) is 0 Å². The lowest BCUT2D eigenvalue weighted by atomic mass is 9.63. The Balaban J connectivity index is 2.75. The van der Waals surface area contributed by atoms with Crippen molar-refractivity contribution >= 4 is 9.84 Å². The van der Waals surface area contributed by atoms with E-state index in [0.717, 1.165) is 18.4 Å². The summed E-state index contributed by atoms with van der Waals surface area (Å²) < 4.78 is 64.6. The highest BCUT2D eigenvalue weighted by molar-refractivity contribution is 7.92. The van der Waals surface area contributed by atoms with Gasteiger partial charge in [-0.25, -0.2) is 13.4 Å². The summed E-state index contributed by atoms with van der Waals surface area (Å²) in [7, 11) is -3.58. The van der Waals surface area contributed by atoms with Gasteiger partial charge in [0.1, 0.15) is 12.7 Å². The fourth-order valence-electron chi connectivity index (χ4n) is 3.70. The Kier molecular flexibility index (Phi) is 5.49. The van der Waals surface area contributed by atoms with Crippen molar-refractivity contribution in [2.45, 2.75) is 50.6 Å². The van der Waals surface area contributed by atoms with Crippen LogP contribution in [0.25, 0.3) is 0 Å². The normalized spacial score (nSPS) is 15.7. The zero-order chi connectivity index (χ0) is 20.7. The van der Waals surface area contributed by atoms with Gasteiger partial charge in [0.15, 0.2) is 9.84 Å². The third-order valence-electron chi connectivity index (χ3n) is 5.59. The van der Waals surface area contributed by atoms with Crippen LogP contribution in [0.15, 0.2) is 36.9 Å². The smallest absolute Gasteiger partial charge is 0.252 e. The van der Waals surface area contributed by atoms with E-state index >= 15 is 0 Å². The number of nitrogens with zero attached hydrogens (tertiary/aromatic N) is 3. The van der Waals surface area contributed by atoms with Gasteiger partial charge in [0.05, 0.1) is 16.9 Å². The highest BCUT2D eigenvalue weighted by Crippen LogP contribution is 2.47. The molecule has 0 aliphatic carbocycles. The molecule has 0 spiro atoms. The Hall–Kier alpha value is -1.90. The van der Waals surface area contributed by atoms with E-state index in [1.807, 2.05) is 13.8 Å². The van der Waals surface area contributed by atoms with E-state index < -0.39 is 31.7 Å². The van der Waals surface area contributed by atoms with Crippen molar-refractivity contribution in [1.82, 2.24) is 14.8 Å². The van der Waals surface area contributed by atoms with Gasteiger partial charge in [-0.05, 0) is 37.5 Å². The minimum absolute atomic E-state index is 0.163. The molecule has 2 aromatic rings. The van der Waals surface area contributed by atoms with E-state index in [1.165, 1.54) is 29.5 Å². The molecule has 27 heavy (non-hydrogen) atoms. The van der Waals surface area contributed by atoms with Crippen molar-refractivity contribution in [3.8, 4) is 0 Å². The summed E-state index contributed by atoms with van der Waals surface area (Å²) in [6, 6.07) is 4.72. The van der Waals surface area contributed by atoms with Crippen LogP contribution in [-0.2, 0) is 28.0 Å². The second-order valence-electron chi connectivity index (χ2n) is 7.58. The van der Waals surface area contributed by atoms with E-state index in [1.54, 1.807) is 13.8 Å². The summed E-state index contributed by atoms with van der Waals surface area (Å²) >= 11 is 0. The summed E-state index contributed by atoms with van der Waals surface area (Å²) in [6.07, 6.45) is -0.502. The van der Waals surface area contributed by atoms with Gasteiger partial charge in [0.2, 0.25) is 0 Å². The van der Waals surface area contributed by atoms with Gasteiger partial charge in [-0.15, -0.1) is 0 Å². The highest BCUT2D eigenvalue weighted by Gasteiger charge is 2.55. The third-order valence-corrected chi connectivity index (χ3v) is 7.81. The molecule has 0 radical (unpaired) electrons. The lowest BCUT2D eigenvalue weighted by Crippen LogP contribution is -2.57. The number of rotatable bonds is 6. The van der Waals surface area contributed by atoms with Crippen LogP contribution >= 0.6 is 0 Å². The number of hydrogen-bond donors (Lipinski definition) is 0. The number of benzene rings is 1. The first-order valence-corrected chi connectivity index (χ1v) is 10.3. The van der Waals surface area contributed by atoms with Gasteiger partial charge in [-0.1, -0.05) is 26.0 Å². The zero-order valence-corrected chi connectivity index (χ0v) is 16.8. The van der Waals surface area contributed by atoms with Gasteiger partial charge in [-0.2, -0.15) is 18.3 Å². The third kappa shape index (κ3) is 3.74. The molecular formula is C18H24F3N3O2S. The molecule has 0 unspecified atom stereocenters. The van der Waals surface area contributed by atoms with Crippen molar-refractivity contribution in [3.05, 3.63) is 48.0 Å². The minimum atomic E-state index is -4.46. The number of alkyl halides is 3. The van der Waals surface area contributed by atoms with Crippen LogP contribution < -0.4 is 0 Å². The molecule has 0 amide bonds. The van der Waals surface area contributed by atoms with Crippen LogP contribution in [0, 0.1) is 5.92 Å². The molecule has 0 aliphatic heterocycles. The molecule has 1 aromatic carbocycles. The Morgan fingerprint density at radius 1 is 1.07 bits per heavy atom. The number of aromatic nitrogens is 3. The van der Waals surface area contributed by atoms with Crippen molar-refractivity contribution in [2.75, 3.05) is 6.26 Å². The molecule has 0 saturated heterocycles. The molecule has 1 heterocycles. The van der Waals surface area contributed by atoms with Crippen LogP contribution in [-0.4, -0.2) is 34.2 Å². The maximum absolute atomic E-state index is 13.0. The molecule has 0 N–H and O–H groups in total. The Morgan fingerprint density at radius 3 is 1.96 bits per heavy atom. The van der Waals surface area contributed by atoms with E-state index in [0.29, 0.717) is 5.56 Å². The van der Waals surface area contributed by atoms with Crippen LogP contribution in [0.3, 0.4) is 0 Å². The van der Waals surface area contributed by atoms with Gasteiger partial charge < -0.3 is 0 Å². The Morgan fingerprint density at radius 2 is 1.59 bits per heavy atom. The molecule has 1 atom stereocenters. The molecule has 1 aromatic heterocycles. The average Bonchev–Trinajstić information content (AvgIpc) is 3.03. The monoisotopic (exact) mass is 403 g/mol. The standard InChI is InChI=1S/C18H24F3N3O2S/c1-13(2)17(10-24-12-22-11-23-24,16(3,4)27(5,25)26)14-6-8-15(9-7-14)18(19,20)21/h6-9,11-13H,10H2,1-5H3/t17-/m0/s1. The summed E-state index contributed by atoms with van der Waals surface area (Å²) in [6.45, 7) is 7.10. The van der Waals surface area contributed by atoms with Crippen LogP contribution in [0.1, 0.15) is 38.8 Å².